The van der Waals surface area contributed by atoms with Gasteiger partial charge in [-0.05, 0) is 40.5 Å². The first-order valence-electron chi connectivity index (χ1n) is 7.47. The van der Waals surface area contributed by atoms with Crippen molar-refractivity contribution in [3.63, 3.8) is 0 Å². The summed E-state index contributed by atoms with van der Waals surface area (Å²) in [7, 11) is 0. The van der Waals surface area contributed by atoms with E-state index in [1.54, 1.807) is 0 Å². The van der Waals surface area contributed by atoms with Gasteiger partial charge in [0, 0.05) is 31.2 Å². The molecular weight excluding hydrogens is 254 g/mol. The number of piperidine rings is 1. The molecule has 20 heavy (non-hydrogen) atoms. The monoisotopic (exact) mass is 279 g/mol. The van der Waals surface area contributed by atoms with Gasteiger partial charge in [0.2, 0.25) is 0 Å². The van der Waals surface area contributed by atoms with Crippen LogP contribution in [0.15, 0.2) is 0 Å². The van der Waals surface area contributed by atoms with Crippen molar-refractivity contribution < 1.29 is 9.90 Å². The Balaban J connectivity index is 2.21. The molecule has 0 spiro atoms. The Hall–Kier alpha value is -1.36. The first-order chi connectivity index (χ1) is 9.45. The first kappa shape index (κ1) is 15.0. The van der Waals surface area contributed by atoms with Gasteiger partial charge in [0.1, 0.15) is 0 Å². The number of carbonyl (C=O) groups is 1. The van der Waals surface area contributed by atoms with Crippen molar-refractivity contribution in [3.05, 3.63) is 17.0 Å². The number of amides is 1. The molecule has 1 N–H and O–H groups in total. The maximum absolute atomic E-state index is 12.7. The lowest BCUT2D eigenvalue weighted by Crippen LogP contribution is -2.43. The van der Waals surface area contributed by atoms with Crippen LogP contribution in [0.2, 0.25) is 0 Å². The Kier molecular flexibility index (Phi) is 4.48. The molecule has 2 unspecified atom stereocenters. The number of hydrogen-bond acceptors (Lipinski definition) is 3. The van der Waals surface area contributed by atoms with E-state index in [0.29, 0.717) is 6.54 Å². The van der Waals surface area contributed by atoms with E-state index < -0.39 is 0 Å². The van der Waals surface area contributed by atoms with Gasteiger partial charge in [-0.15, -0.1) is 0 Å². The predicted molar refractivity (Wildman–Crippen MR) is 77.7 cm³/mol. The molecule has 0 aliphatic carbocycles. The van der Waals surface area contributed by atoms with Gasteiger partial charge < -0.3 is 10.0 Å². The minimum absolute atomic E-state index is 0.0602. The fourth-order valence-corrected chi connectivity index (χ4v) is 3.06. The van der Waals surface area contributed by atoms with E-state index >= 15 is 0 Å². The maximum Gasteiger partial charge on any atom is 0.257 e. The number of carbonyl (C=O) groups excluding carboxylic acids is 1. The number of aromatic nitrogens is 2. The van der Waals surface area contributed by atoms with Crippen molar-refractivity contribution in [3.8, 4) is 0 Å². The van der Waals surface area contributed by atoms with E-state index in [2.05, 4.69) is 5.10 Å². The molecule has 1 aromatic heterocycles. The highest BCUT2D eigenvalue weighted by molar-refractivity contribution is 5.96. The molecule has 0 radical (unpaired) electrons. The maximum atomic E-state index is 12.7. The molecule has 1 fully saturated rings. The van der Waals surface area contributed by atoms with Crippen LogP contribution in [-0.4, -0.2) is 44.9 Å². The first-order valence-corrected chi connectivity index (χ1v) is 7.47. The van der Waals surface area contributed by atoms with Gasteiger partial charge in [-0.1, -0.05) is 0 Å². The SMILES string of the molecule is CCn1nc(C)c(C(=O)N2CCCC(C(C)O)C2)c1C. The van der Waals surface area contributed by atoms with Gasteiger partial charge in [-0.25, -0.2) is 0 Å². The fourth-order valence-electron chi connectivity index (χ4n) is 3.06. The van der Waals surface area contributed by atoms with Crippen LogP contribution in [0.25, 0.3) is 0 Å². The summed E-state index contributed by atoms with van der Waals surface area (Å²) in [6.45, 7) is 9.87. The van der Waals surface area contributed by atoms with Gasteiger partial charge in [0.05, 0.1) is 17.4 Å². The predicted octanol–water partition coefficient (Wildman–Crippen LogP) is 1.75. The molecule has 0 bridgehead atoms. The Morgan fingerprint density at radius 2 is 2.20 bits per heavy atom. The normalized spacial score (nSPS) is 21.1. The third kappa shape index (κ3) is 2.73. The van der Waals surface area contributed by atoms with Crippen LogP contribution in [0.4, 0.5) is 0 Å². The lowest BCUT2D eigenvalue weighted by Gasteiger charge is -2.34. The van der Waals surface area contributed by atoms with Crippen LogP contribution in [0, 0.1) is 19.8 Å². The van der Waals surface area contributed by atoms with Crippen LogP contribution >= 0.6 is 0 Å². The second kappa shape index (κ2) is 5.95. The average Bonchev–Trinajstić information content (AvgIpc) is 2.72. The zero-order chi connectivity index (χ0) is 14.9. The van der Waals surface area contributed by atoms with Crippen LogP contribution in [0.5, 0.6) is 0 Å². The summed E-state index contributed by atoms with van der Waals surface area (Å²) >= 11 is 0. The fraction of sp³-hybridized carbons (Fsp3) is 0.733. The molecule has 1 aromatic rings. The average molecular weight is 279 g/mol. The van der Waals surface area contributed by atoms with E-state index in [9.17, 15) is 9.90 Å². The third-order valence-electron chi connectivity index (χ3n) is 4.32. The van der Waals surface area contributed by atoms with E-state index in [1.807, 2.05) is 37.3 Å². The summed E-state index contributed by atoms with van der Waals surface area (Å²) in [5, 5.41) is 14.2. The molecular formula is C15H25N3O2. The van der Waals surface area contributed by atoms with Gasteiger partial charge >= 0.3 is 0 Å². The second-order valence-electron chi connectivity index (χ2n) is 5.76. The second-order valence-corrected chi connectivity index (χ2v) is 5.76. The van der Waals surface area contributed by atoms with Crippen LogP contribution in [0.3, 0.4) is 0 Å². The molecule has 1 amide bonds. The quantitative estimate of drug-likeness (QED) is 0.917. The third-order valence-corrected chi connectivity index (χ3v) is 4.32. The Morgan fingerprint density at radius 3 is 2.75 bits per heavy atom. The molecule has 2 heterocycles. The molecule has 1 saturated heterocycles. The molecule has 2 atom stereocenters. The highest BCUT2D eigenvalue weighted by Crippen LogP contribution is 2.23. The van der Waals surface area contributed by atoms with Crippen molar-refractivity contribution in [2.75, 3.05) is 13.1 Å². The van der Waals surface area contributed by atoms with Crippen molar-refractivity contribution in [1.29, 1.82) is 0 Å². The minimum Gasteiger partial charge on any atom is -0.393 e. The van der Waals surface area contributed by atoms with Crippen LogP contribution < -0.4 is 0 Å². The van der Waals surface area contributed by atoms with E-state index in [-0.39, 0.29) is 17.9 Å². The van der Waals surface area contributed by atoms with Crippen molar-refractivity contribution in [2.45, 2.75) is 53.2 Å². The van der Waals surface area contributed by atoms with Crippen molar-refractivity contribution in [2.24, 2.45) is 5.92 Å². The topological polar surface area (TPSA) is 58.4 Å². The molecule has 0 aromatic carbocycles. The zero-order valence-electron chi connectivity index (χ0n) is 12.9. The minimum atomic E-state index is -0.355. The number of aliphatic hydroxyl groups is 1. The Labute approximate surface area is 120 Å². The molecule has 5 heteroatoms. The summed E-state index contributed by atoms with van der Waals surface area (Å²) < 4.78 is 1.87. The van der Waals surface area contributed by atoms with E-state index in [1.165, 1.54) is 0 Å². The standard InChI is InChI=1S/C15H25N3O2/c1-5-18-11(3)14(10(2)16-18)15(20)17-8-6-7-13(9-17)12(4)19/h12-13,19H,5-9H2,1-4H3. The zero-order valence-corrected chi connectivity index (χ0v) is 12.9. The van der Waals surface area contributed by atoms with Crippen molar-refractivity contribution >= 4 is 5.91 Å². The molecule has 1 aliphatic rings. The largest absolute Gasteiger partial charge is 0.393 e. The highest BCUT2D eigenvalue weighted by atomic mass is 16.3. The summed E-state index contributed by atoms with van der Waals surface area (Å²) in [5.74, 6) is 0.250. The van der Waals surface area contributed by atoms with Crippen LogP contribution in [0.1, 0.15) is 48.4 Å². The lowest BCUT2D eigenvalue weighted by atomic mass is 9.93. The summed E-state index contributed by atoms with van der Waals surface area (Å²) in [6, 6.07) is 0. The van der Waals surface area contributed by atoms with Crippen LogP contribution in [-0.2, 0) is 6.54 Å². The van der Waals surface area contributed by atoms with E-state index in [4.69, 9.17) is 0 Å². The number of aliphatic hydroxyl groups excluding tert-OH is 1. The summed E-state index contributed by atoms with van der Waals surface area (Å²) in [4.78, 5) is 14.6. The molecule has 5 nitrogen and oxygen atoms in total. The number of hydrogen-bond donors (Lipinski definition) is 1. The number of rotatable bonds is 3. The smallest absolute Gasteiger partial charge is 0.257 e. The molecule has 1 aliphatic heterocycles. The van der Waals surface area contributed by atoms with Gasteiger partial charge in [-0.3, -0.25) is 9.48 Å². The summed E-state index contributed by atoms with van der Waals surface area (Å²) in [5.41, 5.74) is 2.47. The number of likely N-dealkylation sites (tertiary alicyclic amines) is 1. The molecule has 0 saturated carbocycles. The Bertz CT molecular complexity index is 494. The van der Waals surface area contributed by atoms with Gasteiger partial charge in [0.25, 0.3) is 5.91 Å². The number of aryl methyl sites for hydroxylation is 2. The van der Waals surface area contributed by atoms with Crippen molar-refractivity contribution in [1.82, 2.24) is 14.7 Å². The van der Waals surface area contributed by atoms with E-state index in [0.717, 1.165) is 42.9 Å². The Morgan fingerprint density at radius 1 is 1.50 bits per heavy atom. The highest BCUT2D eigenvalue weighted by Gasteiger charge is 2.29. The molecule has 2 rings (SSSR count). The molecule has 112 valence electrons. The number of nitrogens with zero attached hydrogens (tertiary/aromatic N) is 3. The summed E-state index contributed by atoms with van der Waals surface area (Å²) in [6.07, 6.45) is 1.60. The lowest BCUT2D eigenvalue weighted by molar-refractivity contribution is 0.0465. The van der Waals surface area contributed by atoms with Gasteiger partial charge in [0.15, 0.2) is 0 Å². The van der Waals surface area contributed by atoms with Gasteiger partial charge in [-0.2, -0.15) is 5.10 Å².